The van der Waals surface area contributed by atoms with Crippen LogP contribution in [0.15, 0.2) is 47.7 Å². The van der Waals surface area contributed by atoms with Gasteiger partial charge in [-0.25, -0.2) is 14.4 Å². The summed E-state index contributed by atoms with van der Waals surface area (Å²) in [6.45, 7) is 6.13. The molecule has 1 fully saturated rings. The number of hydrogen-bond acceptors (Lipinski definition) is 4. The van der Waals surface area contributed by atoms with E-state index in [-0.39, 0.29) is 11.6 Å². The Morgan fingerprint density at radius 3 is 2.63 bits per heavy atom. The molecule has 0 radical (unpaired) electrons. The summed E-state index contributed by atoms with van der Waals surface area (Å²) in [7, 11) is 0. The van der Waals surface area contributed by atoms with Crippen LogP contribution in [0, 0.1) is 12.7 Å². The van der Waals surface area contributed by atoms with Crippen molar-refractivity contribution < 1.29 is 4.39 Å². The van der Waals surface area contributed by atoms with E-state index in [2.05, 4.69) is 29.1 Å². The van der Waals surface area contributed by atoms with Gasteiger partial charge < -0.3 is 14.3 Å². The van der Waals surface area contributed by atoms with Crippen molar-refractivity contribution in [3.8, 4) is 11.3 Å². The topological polar surface area (TPSA) is 64.2 Å². The summed E-state index contributed by atoms with van der Waals surface area (Å²) in [6.07, 6.45) is 7.28. The Labute approximate surface area is 173 Å². The van der Waals surface area contributed by atoms with Gasteiger partial charge in [0.2, 0.25) is 0 Å². The van der Waals surface area contributed by atoms with Crippen LogP contribution in [-0.2, 0) is 0 Å². The summed E-state index contributed by atoms with van der Waals surface area (Å²) in [5.74, 6) is -0.396. The van der Waals surface area contributed by atoms with Crippen molar-refractivity contribution in [3.05, 3.63) is 64.7 Å². The van der Waals surface area contributed by atoms with Crippen LogP contribution in [-0.4, -0.2) is 31.0 Å². The van der Waals surface area contributed by atoms with Crippen molar-refractivity contribution >= 4 is 16.6 Å². The molecule has 5 rings (SSSR count). The fourth-order valence-corrected chi connectivity index (χ4v) is 4.67. The molecule has 30 heavy (non-hydrogen) atoms. The van der Waals surface area contributed by atoms with E-state index in [9.17, 15) is 9.18 Å². The number of piperidine rings is 1. The predicted molar refractivity (Wildman–Crippen MR) is 115 cm³/mol. The van der Waals surface area contributed by atoms with E-state index in [1.165, 1.54) is 6.07 Å². The molecule has 0 amide bonds. The van der Waals surface area contributed by atoms with Crippen LogP contribution in [0.5, 0.6) is 0 Å². The molecule has 0 saturated carbocycles. The lowest BCUT2D eigenvalue weighted by Gasteiger charge is -2.34. The van der Waals surface area contributed by atoms with Gasteiger partial charge in [0.25, 0.3) is 5.56 Å². The summed E-state index contributed by atoms with van der Waals surface area (Å²) >= 11 is 0. The Kier molecular flexibility index (Phi) is 4.43. The lowest BCUT2D eigenvalue weighted by atomic mass is 9.95. The van der Waals surface area contributed by atoms with E-state index in [0.717, 1.165) is 18.5 Å². The van der Waals surface area contributed by atoms with Gasteiger partial charge in [-0.2, -0.15) is 0 Å². The maximum Gasteiger partial charge on any atom is 0.260 e. The third-order valence-electron chi connectivity index (χ3n) is 5.92. The van der Waals surface area contributed by atoms with Crippen molar-refractivity contribution in [2.45, 2.75) is 51.7 Å². The molecule has 1 aliphatic rings. The Hall–Kier alpha value is -3.06. The highest BCUT2D eigenvalue weighted by atomic mass is 19.1. The van der Waals surface area contributed by atoms with E-state index < -0.39 is 5.82 Å². The maximum absolute atomic E-state index is 14.5. The molecule has 1 N–H and O–H groups in total. The first-order valence-electron chi connectivity index (χ1n) is 10.3. The van der Waals surface area contributed by atoms with Gasteiger partial charge in [0.05, 0.1) is 22.3 Å². The minimum absolute atomic E-state index is 0.0234. The van der Waals surface area contributed by atoms with E-state index in [4.69, 9.17) is 0 Å². The minimum Gasteiger partial charge on any atom is -0.312 e. The quantitative estimate of drug-likeness (QED) is 0.550. The van der Waals surface area contributed by atoms with Crippen molar-refractivity contribution in [2.24, 2.45) is 0 Å². The number of pyridine rings is 3. The average molecular weight is 405 g/mol. The highest BCUT2D eigenvalue weighted by Crippen LogP contribution is 2.26. The molecule has 0 aromatic carbocycles. The van der Waals surface area contributed by atoms with Crippen LogP contribution >= 0.6 is 0 Å². The number of nitrogens with zero attached hydrogens (tertiary/aromatic N) is 4. The number of imidazole rings is 1. The Morgan fingerprint density at radius 1 is 1.10 bits per heavy atom. The number of nitrogens with one attached hydrogen (secondary N) is 1. The summed E-state index contributed by atoms with van der Waals surface area (Å²) in [6, 6.07) is 7.83. The van der Waals surface area contributed by atoms with Gasteiger partial charge >= 0.3 is 0 Å². The second-order valence-corrected chi connectivity index (χ2v) is 8.44. The fraction of sp³-hybridized carbons (Fsp3) is 0.348. The van der Waals surface area contributed by atoms with E-state index in [0.29, 0.717) is 39.9 Å². The van der Waals surface area contributed by atoms with Crippen LogP contribution in [0.2, 0.25) is 0 Å². The van der Waals surface area contributed by atoms with Crippen molar-refractivity contribution in [1.29, 1.82) is 0 Å². The van der Waals surface area contributed by atoms with Crippen molar-refractivity contribution in [1.82, 2.24) is 24.3 Å². The van der Waals surface area contributed by atoms with Gasteiger partial charge in [0.1, 0.15) is 0 Å². The predicted octanol–water partition coefficient (Wildman–Crippen LogP) is 3.86. The molecular weight excluding hydrogens is 381 g/mol. The summed E-state index contributed by atoms with van der Waals surface area (Å²) in [5.41, 5.74) is 2.90. The standard InChI is InChI=1S/C23H24FN5O/c1-13-8-17(9-14(2)25-13)29-7-6-21-18(23(29)30)4-5-20(27-21)16-10-19(24)22-26-15(3)11-28(22)12-16/h4-7,10-14,17,25H,8-9H2,1-3H3/t13-,14-/m0/s1. The number of hydrogen-bond donors (Lipinski definition) is 1. The first-order valence-corrected chi connectivity index (χ1v) is 10.3. The molecule has 4 aromatic heterocycles. The van der Waals surface area contributed by atoms with Gasteiger partial charge in [0.15, 0.2) is 11.5 Å². The minimum atomic E-state index is -0.396. The van der Waals surface area contributed by atoms with Crippen LogP contribution in [0.25, 0.3) is 27.8 Å². The number of halogens is 1. The zero-order chi connectivity index (χ0) is 21.0. The molecule has 0 unspecified atom stereocenters. The normalized spacial score (nSPS) is 22.1. The molecule has 5 heterocycles. The van der Waals surface area contributed by atoms with Gasteiger partial charge in [-0.1, -0.05) is 0 Å². The van der Waals surface area contributed by atoms with Gasteiger partial charge in [-0.3, -0.25) is 4.79 Å². The summed E-state index contributed by atoms with van der Waals surface area (Å²) in [5, 5.41) is 4.10. The maximum atomic E-state index is 14.5. The summed E-state index contributed by atoms with van der Waals surface area (Å²) in [4.78, 5) is 22.0. The van der Waals surface area contributed by atoms with Crippen LogP contribution < -0.4 is 10.9 Å². The Balaban J connectivity index is 1.57. The average Bonchev–Trinajstić information content (AvgIpc) is 3.08. The number of aromatic nitrogens is 4. The Morgan fingerprint density at radius 2 is 1.87 bits per heavy atom. The van der Waals surface area contributed by atoms with Crippen molar-refractivity contribution in [2.75, 3.05) is 0 Å². The second kappa shape index (κ2) is 7.02. The van der Waals surface area contributed by atoms with Crippen LogP contribution in [0.1, 0.15) is 38.4 Å². The van der Waals surface area contributed by atoms with Crippen molar-refractivity contribution in [3.63, 3.8) is 0 Å². The molecular formula is C23H24FN5O. The lowest BCUT2D eigenvalue weighted by Crippen LogP contribution is -2.44. The molecule has 1 aliphatic heterocycles. The molecule has 0 aliphatic carbocycles. The zero-order valence-corrected chi connectivity index (χ0v) is 17.3. The second-order valence-electron chi connectivity index (χ2n) is 8.44. The number of aryl methyl sites for hydroxylation is 1. The molecule has 7 heteroatoms. The molecule has 154 valence electrons. The summed E-state index contributed by atoms with van der Waals surface area (Å²) < 4.78 is 18.0. The fourth-order valence-electron chi connectivity index (χ4n) is 4.67. The molecule has 6 nitrogen and oxygen atoms in total. The zero-order valence-electron chi connectivity index (χ0n) is 17.3. The lowest BCUT2D eigenvalue weighted by molar-refractivity contribution is 0.260. The van der Waals surface area contributed by atoms with Crippen LogP contribution in [0.4, 0.5) is 4.39 Å². The van der Waals surface area contributed by atoms with E-state index >= 15 is 0 Å². The number of fused-ring (bicyclic) bond motifs is 2. The molecule has 1 saturated heterocycles. The Bertz CT molecular complexity index is 1310. The van der Waals surface area contributed by atoms with E-state index in [1.54, 1.807) is 22.7 Å². The highest BCUT2D eigenvalue weighted by Gasteiger charge is 2.25. The number of rotatable bonds is 2. The smallest absolute Gasteiger partial charge is 0.260 e. The van der Waals surface area contributed by atoms with E-state index in [1.807, 2.05) is 30.0 Å². The van der Waals surface area contributed by atoms with Gasteiger partial charge in [0, 0.05) is 42.3 Å². The van der Waals surface area contributed by atoms with Crippen LogP contribution in [0.3, 0.4) is 0 Å². The van der Waals surface area contributed by atoms with Gasteiger partial charge in [-0.05, 0) is 57.9 Å². The first kappa shape index (κ1) is 18.9. The monoisotopic (exact) mass is 405 g/mol. The third kappa shape index (κ3) is 3.19. The molecule has 0 bridgehead atoms. The van der Waals surface area contributed by atoms with Gasteiger partial charge in [-0.15, -0.1) is 0 Å². The largest absolute Gasteiger partial charge is 0.312 e. The molecule has 0 spiro atoms. The molecule has 2 atom stereocenters. The third-order valence-corrected chi connectivity index (χ3v) is 5.92. The molecule has 4 aromatic rings. The SMILES string of the molecule is Cc1cn2cc(-c3ccc4c(=O)n(C5C[C@H](C)N[C@@H](C)C5)ccc4n3)cc(F)c2n1. The highest BCUT2D eigenvalue weighted by molar-refractivity contribution is 5.80. The first-order chi connectivity index (χ1) is 14.4.